The Labute approximate surface area is 161 Å². The summed E-state index contributed by atoms with van der Waals surface area (Å²) in [5.41, 5.74) is 6.85. The number of nitrogens with zero attached hydrogens (tertiary/aromatic N) is 1. The Morgan fingerprint density at radius 1 is 1.17 bits per heavy atom. The fourth-order valence-electron chi connectivity index (χ4n) is 3.62. The molecular formula is C17H28IN3O3. The fraction of sp³-hybridized carbons (Fsp3) is 0.588. The van der Waals surface area contributed by atoms with Gasteiger partial charge in [0.15, 0.2) is 17.5 Å². The van der Waals surface area contributed by atoms with Crippen LogP contribution in [-0.4, -0.2) is 39.4 Å². The third-order valence-electron chi connectivity index (χ3n) is 4.66. The third kappa shape index (κ3) is 3.88. The van der Waals surface area contributed by atoms with Crippen molar-refractivity contribution in [3.05, 3.63) is 18.2 Å². The molecule has 1 saturated carbocycles. The van der Waals surface area contributed by atoms with Crippen LogP contribution >= 0.6 is 24.0 Å². The lowest BCUT2D eigenvalue weighted by atomic mass is 9.58. The first-order valence-corrected chi connectivity index (χ1v) is 7.70. The molecule has 3 unspecified atom stereocenters. The predicted octanol–water partition coefficient (Wildman–Crippen LogP) is 3.11. The summed E-state index contributed by atoms with van der Waals surface area (Å²) in [5, 5.41) is 3.11. The van der Waals surface area contributed by atoms with E-state index in [1.807, 2.05) is 18.2 Å². The van der Waals surface area contributed by atoms with E-state index in [1.165, 1.54) is 0 Å². The summed E-state index contributed by atoms with van der Waals surface area (Å²) in [5.74, 6) is 2.03. The highest BCUT2D eigenvalue weighted by molar-refractivity contribution is 14.0. The molecule has 1 aliphatic rings. The molecule has 6 nitrogen and oxygen atoms in total. The molecular weight excluding hydrogens is 421 g/mol. The van der Waals surface area contributed by atoms with Crippen LogP contribution in [0, 0.1) is 11.3 Å². The minimum Gasteiger partial charge on any atom is -0.493 e. The highest BCUT2D eigenvalue weighted by Gasteiger charge is 2.54. The van der Waals surface area contributed by atoms with Gasteiger partial charge in [-0.25, -0.2) is 4.99 Å². The van der Waals surface area contributed by atoms with Crippen LogP contribution in [0.2, 0.25) is 0 Å². The van der Waals surface area contributed by atoms with Gasteiger partial charge in [-0.05, 0) is 12.1 Å². The van der Waals surface area contributed by atoms with Gasteiger partial charge in [-0.15, -0.1) is 24.0 Å². The van der Waals surface area contributed by atoms with Crippen molar-refractivity contribution in [2.45, 2.75) is 32.9 Å². The van der Waals surface area contributed by atoms with E-state index in [2.05, 4.69) is 31.1 Å². The summed E-state index contributed by atoms with van der Waals surface area (Å²) >= 11 is 0. The number of nitrogens with two attached hydrogens (primary N) is 1. The van der Waals surface area contributed by atoms with Crippen molar-refractivity contribution in [2.24, 2.45) is 22.1 Å². The molecule has 3 N–H and O–H groups in total. The third-order valence-corrected chi connectivity index (χ3v) is 4.66. The number of halogens is 1. The molecule has 0 radical (unpaired) electrons. The standard InChI is InChI=1S/C17H27N3O3.HI/c1-10-14(17(2,3)15(10)23-6)20-16(18)19-11-7-8-12(21-4)13(9-11)22-5;/h7-10,14-15H,1-6H3,(H3,18,19,20);1H. The molecule has 0 aliphatic heterocycles. The lowest BCUT2D eigenvalue weighted by Gasteiger charge is -2.54. The maximum atomic E-state index is 6.07. The highest BCUT2D eigenvalue weighted by Crippen LogP contribution is 2.48. The monoisotopic (exact) mass is 449 g/mol. The molecule has 0 aromatic heterocycles. The van der Waals surface area contributed by atoms with Gasteiger partial charge in [0.05, 0.1) is 26.4 Å². The maximum Gasteiger partial charge on any atom is 0.193 e. The molecule has 0 spiro atoms. The zero-order valence-electron chi connectivity index (χ0n) is 15.1. The summed E-state index contributed by atoms with van der Waals surface area (Å²) in [6.45, 7) is 6.44. The second kappa shape index (κ2) is 8.24. The number of hydrogen-bond donors (Lipinski definition) is 2. The smallest absolute Gasteiger partial charge is 0.193 e. The Kier molecular flexibility index (Phi) is 7.15. The summed E-state index contributed by atoms with van der Waals surface area (Å²) < 4.78 is 16.1. The van der Waals surface area contributed by atoms with E-state index < -0.39 is 0 Å². The van der Waals surface area contributed by atoms with Crippen LogP contribution in [-0.2, 0) is 4.74 Å². The van der Waals surface area contributed by atoms with Gasteiger partial charge < -0.3 is 25.3 Å². The van der Waals surface area contributed by atoms with Crippen molar-refractivity contribution in [1.82, 2.24) is 0 Å². The Morgan fingerprint density at radius 3 is 2.29 bits per heavy atom. The number of benzene rings is 1. The van der Waals surface area contributed by atoms with Crippen molar-refractivity contribution in [3.8, 4) is 11.5 Å². The summed E-state index contributed by atoms with van der Waals surface area (Å²) in [6, 6.07) is 5.65. The molecule has 0 amide bonds. The number of aliphatic imine (C=N–C) groups is 1. The van der Waals surface area contributed by atoms with Crippen molar-refractivity contribution in [1.29, 1.82) is 0 Å². The Balaban J connectivity index is 0.00000288. The SMILES string of the molecule is COc1ccc(NC(N)=NC2C(C)C(OC)C2(C)C)cc1OC.I. The van der Waals surface area contributed by atoms with E-state index in [0.717, 1.165) is 5.69 Å². The van der Waals surface area contributed by atoms with Crippen molar-refractivity contribution in [3.63, 3.8) is 0 Å². The first-order chi connectivity index (χ1) is 10.8. The molecule has 1 aromatic rings. The molecule has 1 aromatic carbocycles. The van der Waals surface area contributed by atoms with E-state index in [4.69, 9.17) is 19.9 Å². The van der Waals surface area contributed by atoms with Crippen LogP contribution in [0.4, 0.5) is 5.69 Å². The molecule has 0 bridgehead atoms. The van der Waals surface area contributed by atoms with E-state index in [0.29, 0.717) is 23.4 Å². The minimum absolute atomic E-state index is 0. The lowest BCUT2D eigenvalue weighted by Crippen LogP contribution is -2.61. The normalized spacial score (nSPS) is 25.2. The van der Waals surface area contributed by atoms with Crippen molar-refractivity contribution >= 4 is 35.6 Å². The molecule has 1 aliphatic carbocycles. The molecule has 0 heterocycles. The Bertz CT molecular complexity index is 592. The van der Waals surface area contributed by atoms with Crippen LogP contribution in [0.25, 0.3) is 0 Å². The van der Waals surface area contributed by atoms with Gasteiger partial charge >= 0.3 is 0 Å². The molecule has 2 rings (SSSR count). The van der Waals surface area contributed by atoms with Crippen molar-refractivity contribution in [2.75, 3.05) is 26.6 Å². The quantitative estimate of drug-likeness (QED) is 0.411. The second-order valence-electron chi connectivity index (χ2n) is 6.49. The molecule has 24 heavy (non-hydrogen) atoms. The van der Waals surface area contributed by atoms with Crippen LogP contribution < -0.4 is 20.5 Å². The zero-order chi connectivity index (χ0) is 17.2. The van der Waals surface area contributed by atoms with Gasteiger partial charge in [-0.1, -0.05) is 20.8 Å². The summed E-state index contributed by atoms with van der Waals surface area (Å²) in [6.07, 6.45) is 0.199. The molecule has 0 saturated heterocycles. The van der Waals surface area contributed by atoms with E-state index in [9.17, 15) is 0 Å². The first kappa shape index (κ1) is 20.8. The van der Waals surface area contributed by atoms with Gasteiger partial charge in [-0.3, -0.25) is 0 Å². The van der Waals surface area contributed by atoms with Crippen LogP contribution in [0.1, 0.15) is 20.8 Å². The number of anilines is 1. The maximum absolute atomic E-state index is 6.07. The van der Waals surface area contributed by atoms with Crippen LogP contribution in [0.3, 0.4) is 0 Å². The summed E-state index contributed by atoms with van der Waals surface area (Å²) in [7, 11) is 4.95. The number of ether oxygens (including phenoxy) is 3. The first-order valence-electron chi connectivity index (χ1n) is 7.70. The van der Waals surface area contributed by atoms with E-state index in [1.54, 1.807) is 21.3 Å². The average molecular weight is 449 g/mol. The molecule has 136 valence electrons. The Morgan fingerprint density at radius 2 is 1.79 bits per heavy atom. The average Bonchev–Trinajstić information content (AvgIpc) is 2.52. The van der Waals surface area contributed by atoms with E-state index in [-0.39, 0.29) is 41.5 Å². The van der Waals surface area contributed by atoms with Gasteiger partial charge in [0, 0.05) is 30.2 Å². The number of guanidine groups is 1. The van der Waals surface area contributed by atoms with Crippen LogP contribution in [0.15, 0.2) is 23.2 Å². The number of rotatable bonds is 5. The highest BCUT2D eigenvalue weighted by atomic mass is 127. The van der Waals surface area contributed by atoms with Crippen molar-refractivity contribution < 1.29 is 14.2 Å². The molecule has 3 atom stereocenters. The van der Waals surface area contributed by atoms with Gasteiger partial charge in [-0.2, -0.15) is 0 Å². The fourth-order valence-corrected chi connectivity index (χ4v) is 3.62. The Hall–Kier alpha value is -1.22. The van der Waals surface area contributed by atoms with Gasteiger partial charge in [0.25, 0.3) is 0 Å². The number of nitrogens with one attached hydrogen (secondary N) is 1. The predicted molar refractivity (Wildman–Crippen MR) is 108 cm³/mol. The van der Waals surface area contributed by atoms with Gasteiger partial charge in [0.2, 0.25) is 0 Å². The number of methoxy groups -OCH3 is 3. The second-order valence-corrected chi connectivity index (χ2v) is 6.49. The number of hydrogen-bond acceptors (Lipinski definition) is 4. The zero-order valence-corrected chi connectivity index (χ0v) is 17.5. The van der Waals surface area contributed by atoms with Crippen LogP contribution in [0.5, 0.6) is 11.5 Å². The topological polar surface area (TPSA) is 78.1 Å². The van der Waals surface area contributed by atoms with E-state index >= 15 is 0 Å². The summed E-state index contributed by atoms with van der Waals surface area (Å²) in [4.78, 5) is 4.64. The minimum atomic E-state index is -0.0297. The molecule has 7 heteroatoms. The largest absolute Gasteiger partial charge is 0.493 e. The van der Waals surface area contributed by atoms with Gasteiger partial charge in [0.1, 0.15) is 0 Å². The molecule has 1 fully saturated rings. The lowest BCUT2D eigenvalue weighted by molar-refractivity contribution is -0.132.